The zero-order valence-electron chi connectivity index (χ0n) is 13.5. The summed E-state index contributed by atoms with van der Waals surface area (Å²) in [5.74, 6) is 0. The van der Waals surface area contributed by atoms with Crippen LogP contribution in [0.15, 0.2) is 41.4 Å². The smallest absolute Gasteiger partial charge is 0.327 e. The molecule has 6 nitrogen and oxygen atoms in total. The number of hydrogen-bond donors (Lipinski definition) is 2. The molecule has 1 unspecified atom stereocenters. The Labute approximate surface area is 143 Å². The van der Waals surface area contributed by atoms with E-state index in [0.717, 1.165) is 16.4 Å². The topological polar surface area (TPSA) is 90.0 Å². The van der Waals surface area contributed by atoms with Crippen molar-refractivity contribution in [2.75, 3.05) is 6.54 Å². The van der Waals surface area contributed by atoms with Crippen LogP contribution in [0.2, 0.25) is 0 Å². The fourth-order valence-corrected chi connectivity index (χ4v) is 3.58. The molecule has 1 aromatic heterocycles. The van der Waals surface area contributed by atoms with Gasteiger partial charge in [-0.1, -0.05) is 30.3 Å². The molecule has 0 aliphatic rings. The van der Waals surface area contributed by atoms with Crippen LogP contribution >= 0.6 is 0 Å². The van der Waals surface area contributed by atoms with Crippen LogP contribution in [0.25, 0.3) is 0 Å². The molecular weight excluding hydrogens is 357 g/mol. The third-order valence-corrected chi connectivity index (χ3v) is 4.96. The van der Waals surface area contributed by atoms with Gasteiger partial charge in [-0.25, -0.2) is 13.1 Å². The van der Waals surface area contributed by atoms with Crippen LogP contribution < -0.4 is 10.5 Å². The lowest BCUT2D eigenvalue weighted by Crippen LogP contribution is -2.32. The van der Waals surface area contributed by atoms with Crippen molar-refractivity contribution in [1.82, 2.24) is 14.5 Å². The highest BCUT2D eigenvalue weighted by molar-refractivity contribution is 7.89. The minimum atomic E-state index is -4.85. The Morgan fingerprint density at radius 2 is 1.92 bits per heavy atom. The average Bonchev–Trinajstić information content (AvgIpc) is 2.91. The molecule has 0 amide bonds. The van der Waals surface area contributed by atoms with Gasteiger partial charge in [-0.2, -0.15) is 18.3 Å². The van der Waals surface area contributed by atoms with Crippen molar-refractivity contribution in [3.05, 3.63) is 47.8 Å². The third-order valence-electron chi connectivity index (χ3n) is 3.50. The summed E-state index contributed by atoms with van der Waals surface area (Å²) < 4.78 is 66.0. The van der Waals surface area contributed by atoms with Gasteiger partial charge in [0.1, 0.15) is 4.90 Å². The Morgan fingerprint density at radius 1 is 1.28 bits per heavy atom. The normalized spacial score (nSPS) is 13.8. The van der Waals surface area contributed by atoms with Crippen molar-refractivity contribution < 1.29 is 21.6 Å². The standard InChI is InChI=1S/C15H19F3N4O2S/c1-22-10-13(14(21-22)15(16,17)18)25(23,24)20-8-7-12(19)9-11-5-3-2-4-6-11/h2-6,10,12,20H,7-9,19H2,1H3. The lowest BCUT2D eigenvalue weighted by atomic mass is 10.0. The van der Waals surface area contributed by atoms with Crippen LogP contribution in [0, 0.1) is 0 Å². The molecular formula is C15H19F3N4O2S. The average molecular weight is 376 g/mol. The molecule has 0 bridgehead atoms. The zero-order chi connectivity index (χ0) is 18.7. The van der Waals surface area contributed by atoms with Crippen LogP contribution in [-0.2, 0) is 29.7 Å². The van der Waals surface area contributed by atoms with E-state index in [9.17, 15) is 21.6 Å². The second-order valence-electron chi connectivity index (χ2n) is 5.65. The fourth-order valence-electron chi connectivity index (χ4n) is 2.34. The highest BCUT2D eigenvalue weighted by atomic mass is 32.2. The Balaban J connectivity index is 1.98. The summed E-state index contributed by atoms with van der Waals surface area (Å²) in [5.41, 5.74) is 5.52. The van der Waals surface area contributed by atoms with Gasteiger partial charge in [0.25, 0.3) is 0 Å². The van der Waals surface area contributed by atoms with Gasteiger partial charge in [-0.15, -0.1) is 0 Å². The maximum absolute atomic E-state index is 12.9. The molecule has 1 heterocycles. The number of sulfonamides is 1. The predicted molar refractivity (Wildman–Crippen MR) is 86.1 cm³/mol. The van der Waals surface area contributed by atoms with E-state index >= 15 is 0 Å². The maximum atomic E-state index is 12.9. The highest BCUT2D eigenvalue weighted by Gasteiger charge is 2.40. The quantitative estimate of drug-likeness (QED) is 0.769. The largest absolute Gasteiger partial charge is 0.436 e. The van der Waals surface area contributed by atoms with Crippen LogP contribution in [0.1, 0.15) is 17.7 Å². The van der Waals surface area contributed by atoms with Crippen molar-refractivity contribution in [2.24, 2.45) is 12.8 Å². The summed E-state index contributed by atoms with van der Waals surface area (Å²) >= 11 is 0. The molecule has 138 valence electrons. The lowest BCUT2D eigenvalue weighted by Gasteiger charge is -2.13. The summed E-state index contributed by atoms with van der Waals surface area (Å²) in [4.78, 5) is -0.890. The van der Waals surface area contributed by atoms with E-state index in [2.05, 4.69) is 9.82 Å². The number of rotatable bonds is 7. The second kappa shape index (κ2) is 7.54. The van der Waals surface area contributed by atoms with E-state index in [0.29, 0.717) is 6.42 Å². The minimum Gasteiger partial charge on any atom is -0.327 e. The van der Waals surface area contributed by atoms with E-state index in [1.54, 1.807) is 0 Å². The number of alkyl halides is 3. The molecule has 1 atom stereocenters. The van der Waals surface area contributed by atoms with Gasteiger partial charge in [0.05, 0.1) is 0 Å². The molecule has 0 saturated carbocycles. The van der Waals surface area contributed by atoms with Crippen LogP contribution in [0.5, 0.6) is 0 Å². The van der Waals surface area contributed by atoms with Gasteiger partial charge in [-0.05, 0) is 18.4 Å². The summed E-state index contributed by atoms with van der Waals surface area (Å²) in [6.45, 7) is -0.0669. The van der Waals surface area contributed by atoms with Gasteiger partial charge in [0.2, 0.25) is 10.0 Å². The first-order valence-corrected chi connectivity index (χ1v) is 8.98. The predicted octanol–water partition coefficient (Wildman–Crippen LogP) is 1.68. The Bertz CT molecular complexity index is 804. The van der Waals surface area contributed by atoms with Crippen molar-refractivity contribution in [2.45, 2.75) is 30.0 Å². The molecule has 0 aliphatic carbocycles. The van der Waals surface area contributed by atoms with Crippen LogP contribution in [0.3, 0.4) is 0 Å². The number of nitrogens with one attached hydrogen (secondary N) is 1. The summed E-state index contributed by atoms with van der Waals surface area (Å²) in [6.07, 6.45) is -3.19. The minimum absolute atomic E-state index is 0.0669. The van der Waals surface area contributed by atoms with Gasteiger partial charge >= 0.3 is 6.18 Å². The van der Waals surface area contributed by atoms with E-state index in [-0.39, 0.29) is 19.0 Å². The van der Waals surface area contributed by atoms with Crippen molar-refractivity contribution in [3.63, 3.8) is 0 Å². The molecule has 3 N–H and O–H groups in total. The number of nitrogens with zero attached hydrogens (tertiary/aromatic N) is 2. The lowest BCUT2D eigenvalue weighted by molar-refractivity contribution is -0.143. The molecule has 0 fully saturated rings. The molecule has 0 radical (unpaired) electrons. The number of benzene rings is 1. The molecule has 1 aromatic carbocycles. The molecule has 2 rings (SSSR count). The second-order valence-corrected chi connectivity index (χ2v) is 7.39. The van der Waals surface area contributed by atoms with Crippen molar-refractivity contribution in [3.8, 4) is 0 Å². The van der Waals surface area contributed by atoms with E-state index < -0.39 is 26.8 Å². The Morgan fingerprint density at radius 3 is 2.52 bits per heavy atom. The first-order valence-electron chi connectivity index (χ1n) is 7.49. The van der Waals surface area contributed by atoms with Crippen molar-refractivity contribution >= 4 is 10.0 Å². The molecule has 0 aliphatic heterocycles. The number of nitrogens with two attached hydrogens (primary N) is 1. The van der Waals surface area contributed by atoms with Crippen LogP contribution in [-0.4, -0.2) is 30.8 Å². The van der Waals surface area contributed by atoms with Crippen LogP contribution in [0.4, 0.5) is 13.2 Å². The number of hydrogen-bond acceptors (Lipinski definition) is 4. The van der Waals surface area contributed by atoms with Crippen molar-refractivity contribution in [1.29, 1.82) is 0 Å². The summed E-state index contributed by atoms with van der Waals surface area (Å²) in [7, 11) is -3.10. The third kappa shape index (κ3) is 5.28. The SMILES string of the molecule is Cn1cc(S(=O)(=O)NCCC(N)Cc2ccccc2)c(C(F)(F)F)n1. The first-order chi connectivity index (χ1) is 11.6. The molecule has 10 heteroatoms. The monoisotopic (exact) mass is 376 g/mol. The number of halogens is 3. The number of aromatic nitrogens is 2. The zero-order valence-corrected chi connectivity index (χ0v) is 14.3. The van der Waals surface area contributed by atoms with Gasteiger partial charge in [0, 0.05) is 25.8 Å². The Kier molecular flexibility index (Phi) is 5.86. The number of aryl methyl sites for hydroxylation is 1. The van der Waals surface area contributed by atoms with E-state index in [4.69, 9.17) is 5.73 Å². The van der Waals surface area contributed by atoms with Gasteiger partial charge in [-0.3, -0.25) is 4.68 Å². The van der Waals surface area contributed by atoms with Gasteiger partial charge < -0.3 is 5.73 Å². The highest BCUT2D eigenvalue weighted by Crippen LogP contribution is 2.32. The van der Waals surface area contributed by atoms with E-state index in [1.807, 2.05) is 30.3 Å². The fraction of sp³-hybridized carbons (Fsp3) is 0.400. The molecule has 0 saturated heterocycles. The molecule has 2 aromatic rings. The van der Waals surface area contributed by atoms with E-state index in [1.165, 1.54) is 7.05 Å². The Hall–Kier alpha value is -1.91. The van der Waals surface area contributed by atoms with Gasteiger partial charge in [0.15, 0.2) is 5.69 Å². The molecule has 0 spiro atoms. The molecule has 25 heavy (non-hydrogen) atoms. The first kappa shape index (κ1) is 19.4. The summed E-state index contributed by atoms with van der Waals surface area (Å²) in [6, 6.07) is 9.08. The summed E-state index contributed by atoms with van der Waals surface area (Å²) in [5, 5.41) is 3.20. The maximum Gasteiger partial charge on any atom is 0.436 e.